The van der Waals surface area contributed by atoms with E-state index in [0.29, 0.717) is 5.69 Å². The molecular formula is C15H13BrFN. The molecule has 1 N–H and O–H groups in total. The lowest BCUT2D eigenvalue weighted by molar-refractivity contribution is 0.625. The molecule has 1 atom stereocenters. The normalized spacial score (nSPS) is 17.6. The van der Waals surface area contributed by atoms with Gasteiger partial charge in [0.15, 0.2) is 0 Å². The minimum atomic E-state index is -0.192. The van der Waals surface area contributed by atoms with Crippen molar-refractivity contribution < 1.29 is 4.39 Å². The van der Waals surface area contributed by atoms with E-state index in [-0.39, 0.29) is 11.9 Å². The monoisotopic (exact) mass is 305 g/mol. The van der Waals surface area contributed by atoms with E-state index in [4.69, 9.17) is 0 Å². The van der Waals surface area contributed by atoms with E-state index in [0.717, 1.165) is 17.3 Å². The first-order valence-corrected chi connectivity index (χ1v) is 6.83. The molecule has 1 aliphatic carbocycles. The number of hydrogen-bond acceptors (Lipinski definition) is 1. The molecule has 2 aromatic carbocycles. The summed E-state index contributed by atoms with van der Waals surface area (Å²) in [6.45, 7) is 0. The average Bonchev–Trinajstić information content (AvgIpc) is 2.74. The number of hydrogen-bond donors (Lipinski definition) is 1. The summed E-state index contributed by atoms with van der Waals surface area (Å²) < 4.78 is 14.7. The molecule has 0 spiro atoms. The third-order valence-corrected chi connectivity index (χ3v) is 3.88. The van der Waals surface area contributed by atoms with Crippen LogP contribution < -0.4 is 5.32 Å². The highest BCUT2D eigenvalue weighted by Gasteiger charge is 2.22. The lowest BCUT2D eigenvalue weighted by Gasteiger charge is -2.16. The fourth-order valence-electron chi connectivity index (χ4n) is 2.50. The van der Waals surface area contributed by atoms with Gasteiger partial charge < -0.3 is 5.32 Å². The number of rotatable bonds is 2. The molecular weight excluding hydrogens is 293 g/mol. The van der Waals surface area contributed by atoms with Crippen LogP contribution in [0.25, 0.3) is 0 Å². The maximum atomic E-state index is 13.6. The molecule has 2 aromatic rings. The van der Waals surface area contributed by atoms with Crippen LogP contribution >= 0.6 is 15.9 Å². The number of fused-ring (bicyclic) bond motifs is 1. The summed E-state index contributed by atoms with van der Waals surface area (Å²) in [4.78, 5) is 0. The number of benzene rings is 2. The van der Waals surface area contributed by atoms with Crippen LogP contribution in [0, 0.1) is 5.82 Å². The SMILES string of the molecule is Fc1ccccc1NC1CCc2cc(Br)ccc21. The Morgan fingerprint density at radius 3 is 2.83 bits per heavy atom. The quantitative estimate of drug-likeness (QED) is 0.849. The van der Waals surface area contributed by atoms with Crippen molar-refractivity contribution in [1.29, 1.82) is 0 Å². The van der Waals surface area contributed by atoms with E-state index in [9.17, 15) is 4.39 Å². The smallest absolute Gasteiger partial charge is 0.146 e. The molecule has 0 radical (unpaired) electrons. The lowest BCUT2D eigenvalue weighted by atomic mass is 10.1. The molecule has 3 heteroatoms. The van der Waals surface area contributed by atoms with Crippen molar-refractivity contribution in [3.8, 4) is 0 Å². The Kier molecular flexibility index (Phi) is 3.08. The molecule has 92 valence electrons. The van der Waals surface area contributed by atoms with Gasteiger partial charge in [0.1, 0.15) is 5.82 Å². The van der Waals surface area contributed by atoms with Gasteiger partial charge >= 0.3 is 0 Å². The van der Waals surface area contributed by atoms with Crippen molar-refractivity contribution in [3.05, 3.63) is 63.9 Å². The van der Waals surface area contributed by atoms with Gasteiger partial charge in [-0.2, -0.15) is 0 Å². The minimum absolute atomic E-state index is 0.192. The maximum absolute atomic E-state index is 13.6. The Morgan fingerprint density at radius 1 is 1.17 bits per heavy atom. The van der Waals surface area contributed by atoms with Crippen LogP contribution in [0.1, 0.15) is 23.6 Å². The first-order chi connectivity index (χ1) is 8.74. The fourth-order valence-corrected chi connectivity index (χ4v) is 2.91. The van der Waals surface area contributed by atoms with Crippen molar-refractivity contribution in [2.24, 2.45) is 0 Å². The van der Waals surface area contributed by atoms with Gasteiger partial charge in [0.25, 0.3) is 0 Å². The van der Waals surface area contributed by atoms with E-state index in [1.807, 2.05) is 12.1 Å². The standard InChI is InChI=1S/C15H13BrFN/c16-11-6-7-12-10(9-11)5-8-14(12)18-15-4-2-1-3-13(15)17/h1-4,6-7,9,14,18H,5,8H2. The van der Waals surface area contributed by atoms with Crippen molar-refractivity contribution in [1.82, 2.24) is 0 Å². The summed E-state index contributed by atoms with van der Waals surface area (Å²) in [6, 6.07) is 13.4. The molecule has 1 nitrogen and oxygen atoms in total. The van der Waals surface area contributed by atoms with Crippen LogP contribution in [0.15, 0.2) is 46.9 Å². The second-order valence-corrected chi connectivity index (χ2v) is 5.47. The second-order valence-electron chi connectivity index (χ2n) is 4.56. The Balaban J connectivity index is 1.87. The molecule has 0 saturated heterocycles. The molecule has 1 unspecified atom stereocenters. The molecule has 1 aliphatic rings. The molecule has 3 rings (SSSR count). The predicted molar refractivity (Wildman–Crippen MR) is 75.2 cm³/mol. The van der Waals surface area contributed by atoms with Gasteiger partial charge in [-0.05, 0) is 48.2 Å². The van der Waals surface area contributed by atoms with Gasteiger partial charge in [0.2, 0.25) is 0 Å². The van der Waals surface area contributed by atoms with E-state index in [2.05, 4.69) is 33.4 Å². The first-order valence-electron chi connectivity index (χ1n) is 6.03. The average molecular weight is 306 g/mol. The molecule has 0 heterocycles. The van der Waals surface area contributed by atoms with Gasteiger partial charge in [0, 0.05) is 4.47 Å². The van der Waals surface area contributed by atoms with Crippen molar-refractivity contribution in [2.45, 2.75) is 18.9 Å². The van der Waals surface area contributed by atoms with E-state index in [1.165, 1.54) is 17.2 Å². The maximum Gasteiger partial charge on any atom is 0.146 e. The molecule has 0 bridgehead atoms. The van der Waals surface area contributed by atoms with Gasteiger partial charge in [-0.25, -0.2) is 4.39 Å². The summed E-state index contributed by atoms with van der Waals surface area (Å²) in [5, 5.41) is 3.29. The van der Waals surface area contributed by atoms with Crippen molar-refractivity contribution in [3.63, 3.8) is 0 Å². The zero-order valence-electron chi connectivity index (χ0n) is 9.79. The highest BCUT2D eigenvalue weighted by atomic mass is 79.9. The zero-order chi connectivity index (χ0) is 12.5. The molecule has 0 saturated carbocycles. The number of aryl methyl sites for hydroxylation is 1. The van der Waals surface area contributed by atoms with Crippen LogP contribution in [0.4, 0.5) is 10.1 Å². The van der Waals surface area contributed by atoms with Gasteiger partial charge in [-0.1, -0.05) is 34.1 Å². The van der Waals surface area contributed by atoms with Crippen LogP contribution in [0.2, 0.25) is 0 Å². The van der Waals surface area contributed by atoms with Crippen molar-refractivity contribution in [2.75, 3.05) is 5.32 Å². The largest absolute Gasteiger partial charge is 0.376 e. The summed E-state index contributed by atoms with van der Waals surface area (Å²) >= 11 is 3.48. The number of nitrogens with one attached hydrogen (secondary N) is 1. The topological polar surface area (TPSA) is 12.0 Å². The van der Waals surface area contributed by atoms with Gasteiger partial charge in [0.05, 0.1) is 11.7 Å². The van der Waals surface area contributed by atoms with Crippen LogP contribution in [-0.2, 0) is 6.42 Å². The highest BCUT2D eigenvalue weighted by Crippen LogP contribution is 2.35. The molecule has 0 fully saturated rings. The van der Waals surface area contributed by atoms with Crippen LogP contribution in [0.3, 0.4) is 0 Å². The Bertz CT molecular complexity index is 582. The van der Waals surface area contributed by atoms with E-state index < -0.39 is 0 Å². The van der Waals surface area contributed by atoms with Crippen LogP contribution in [-0.4, -0.2) is 0 Å². The summed E-state index contributed by atoms with van der Waals surface area (Å²) in [5.41, 5.74) is 3.21. The minimum Gasteiger partial charge on any atom is -0.376 e. The highest BCUT2D eigenvalue weighted by molar-refractivity contribution is 9.10. The molecule has 0 aromatic heterocycles. The molecule has 0 amide bonds. The van der Waals surface area contributed by atoms with E-state index in [1.54, 1.807) is 12.1 Å². The number of para-hydroxylation sites is 1. The number of anilines is 1. The third kappa shape index (κ3) is 2.15. The van der Waals surface area contributed by atoms with Gasteiger partial charge in [-0.15, -0.1) is 0 Å². The van der Waals surface area contributed by atoms with E-state index >= 15 is 0 Å². The van der Waals surface area contributed by atoms with Gasteiger partial charge in [-0.3, -0.25) is 0 Å². The second kappa shape index (κ2) is 4.73. The first kappa shape index (κ1) is 11.7. The summed E-state index contributed by atoms with van der Waals surface area (Å²) in [6.07, 6.45) is 2.06. The lowest BCUT2D eigenvalue weighted by Crippen LogP contribution is -2.08. The van der Waals surface area contributed by atoms with Crippen LogP contribution in [0.5, 0.6) is 0 Å². The summed E-state index contributed by atoms with van der Waals surface area (Å²) in [7, 11) is 0. The predicted octanol–water partition coefficient (Wildman–Crippen LogP) is 4.69. The Labute approximate surface area is 114 Å². The fraction of sp³-hybridized carbons (Fsp3) is 0.200. The molecule has 0 aliphatic heterocycles. The number of halogens is 2. The Hall–Kier alpha value is -1.35. The Morgan fingerprint density at radius 2 is 2.00 bits per heavy atom. The third-order valence-electron chi connectivity index (χ3n) is 3.39. The molecule has 18 heavy (non-hydrogen) atoms. The van der Waals surface area contributed by atoms with Crippen molar-refractivity contribution >= 4 is 21.6 Å². The summed E-state index contributed by atoms with van der Waals surface area (Å²) in [5.74, 6) is -0.192. The zero-order valence-corrected chi connectivity index (χ0v) is 11.4.